The maximum Gasteiger partial charge on any atom is 0.401 e. The standard InChI is InChI=1S/C12H18F3N3S/c1-9-17-11(7-19-9)6-16-10-2-4-18(5-3-10)8-12(13,14)15/h7,10,16H,2-6,8H2,1H3. The fraction of sp³-hybridized carbons (Fsp3) is 0.750. The summed E-state index contributed by atoms with van der Waals surface area (Å²) in [6.45, 7) is 2.89. The molecular weight excluding hydrogens is 275 g/mol. The molecular formula is C12H18F3N3S. The fourth-order valence-corrected chi connectivity index (χ4v) is 2.90. The van der Waals surface area contributed by atoms with E-state index < -0.39 is 12.7 Å². The Bertz CT molecular complexity index is 397. The van der Waals surface area contributed by atoms with Crippen LogP contribution in [-0.2, 0) is 6.54 Å². The molecule has 0 unspecified atom stereocenters. The molecule has 2 rings (SSSR count). The third-order valence-electron chi connectivity index (χ3n) is 3.23. The first-order chi connectivity index (χ1) is 8.92. The van der Waals surface area contributed by atoms with Gasteiger partial charge in [0.25, 0.3) is 0 Å². The summed E-state index contributed by atoms with van der Waals surface area (Å²) in [5.41, 5.74) is 1.01. The normalized spacial score (nSPS) is 18.9. The molecule has 1 aromatic rings. The number of hydrogen-bond donors (Lipinski definition) is 1. The van der Waals surface area contributed by atoms with Crippen LogP contribution in [-0.4, -0.2) is 41.7 Å². The summed E-state index contributed by atoms with van der Waals surface area (Å²) in [5, 5.41) is 6.42. The zero-order valence-corrected chi connectivity index (χ0v) is 11.7. The molecule has 2 heterocycles. The molecule has 0 aliphatic carbocycles. The van der Waals surface area contributed by atoms with Crippen LogP contribution >= 0.6 is 11.3 Å². The maximum atomic E-state index is 12.2. The molecule has 108 valence electrons. The zero-order chi connectivity index (χ0) is 13.9. The summed E-state index contributed by atoms with van der Waals surface area (Å²) in [6, 6.07) is 0.298. The second-order valence-corrected chi connectivity index (χ2v) is 5.97. The Balaban J connectivity index is 1.69. The van der Waals surface area contributed by atoms with E-state index in [1.807, 2.05) is 12.3 Å². The van der Waals surface area contributed by atoms with Crippen molar-refractivity contribution in [1.29, 1.82) is 0 Å². The Morgan fingerprint density at radius 1 is 1.42 bits per heavy atom. The number of piperidine rings is 1. The second-order valence-electron chi connectivity index (χ2n) is 4.90. The Morgan fingerprint density at radius 3 is 2.63 bits per heavy atom. The van der Waals surface area contributed by atoms with Crippen LogP contribution in [0.15, 0.2) is 5.38 Å². The number of hydrogen-bond acceptors (Lipinski definition) is 4. The monoisotopic (exact) mass is 293 g/mol. The van der Waals surface area contributed by atoms with Crippen LogP contribution in [0.25, 0.3) is 0 Å². The van der Waals surface area contributed by atoms with Gasteiger partial charge in [0.2, 0.25) is 0 Å². The van der Waals surface area contributed by atoms with E-state index in [0.29, 0.717) is 25.7 Å². The molecule has 0 atom stereocenters. The van der Waals surface area contributed by atoms with E-state index in [1.54, 1.807) is 11.3 Å². The van der Waals surface area contributed by atoms with Crippen LogP contribution < -0.4 is 5.32 Å². The first kappa shape index (κ1) is 14.7. The van der Waals surface area contributed by atoms with Crippen molar-refractivity contribution in [3.05, 3.63) is 16.1 Å². The minimum atomic E-state index is -4.08. The first-order valence-corrected chi connectivity index (χ1v) is 7.24. The largest absolute Gasteiger partial charge is 0.401 e. The highest BCUT2D eigenvalue weighted by Crippen LogP contribution is 2.20. The number of halogens is 3. The number of likely N-dealkylation sites (tertiary alicyclic amines) is 1. The molecule has 1 aliphatic rings. The Kier molecular flexibility index (Phi) is 4.81. The van der Waals surface area contributed by atoms with Crippen molar-refractivity contribution >= 4 is 11.3 Å². The molecule has 0 spiro atoms. The molecule has 0 radical (unpaired) electrons. The van der Waals surface area contributed by atoms with Crippen LogP contribution in [0.1, 0.15) is 23.5 Å². The highest BCUT2D eigenvalue weighted by atomic mass is 32.1. The molecule has 1 aromatic heterocycles. The summed E-state index contributed by atoms with van der Waals surface area (Å²) in [5.74, 6) is 0. The lowest BCUT2D eigenvalue weighted by Gasteiger charge is -2.32. The van der Waals surface area contributed by atoms with Crippen LogP contribution in [0.2, 0.25) is 0 Å². The van der Waals surface area contributed by atoms with Crippen LogP contribution in [0, 0.1) is 6.92 Å². The van der Waals surface area contributed by atoms with Gasteiger partial charge in [0.15, 0.2) is 0 Å². The molecule has 0 bridgehead atoms. The van der Waals surface area contributed by atoms with Gasteiger partial charge in [-0.1, -0.05) is 0 Å². The average Bonchev–Trinajstić information content (AvgIpc) is 2.72. The molecule has 1 N–H and O–H groups in total. The highest BCUT2D eigenvalue weighted by molar-refractivity contribution is 7.09. The lowest BCUT2D eigenvalue weighted by atomic mass is 10.1. The van der Waals surface area contributed by atoms with E-state index in [4.69, 9.17) is 0 Å². The number of nitrogens with one attached hydrogen (secondary N) is 1. The van der Waals surface area contributed by atoms with Crippen molar-refractivity contribution in [2.75, 3.05) is 19.6 Å². The first-order valence-electron chi connectivity index (χ1n) is 6.36. The predicted molar refractivity (Wildman–Crippen MR) is 69.2 cm³/mol. The molecule has 7 heteroatoms. The number of aryl methyl sites for hydroxylation is 1. The van der Waals surface area contributed by atoms with E-state index in [-0.39, 0.29) is 0 Å². The van der Waals surface area contributed by atoms with E-state index in [1.165, 1.54) is 4.90 Å². The van der Waals surface area contributed by atoms with E-state index in [9.17, 15) is 13.2 Å². The third kappa shape index (κ3) is 5.08. The number of alkyl halides is 3. The van der Waals surface area contributed by atoms with Gasteiger partial charge in [0.1, 0.15) is 0 Å². The minimum Gasteiger partial charge on any atom is -0.308 e. The SMILES string of the molecule is Cc1nc(CNC2CCN(CC(F)(F)F)CC2)cs1. The lowest BCUT2D eigenvalue weighted by Crippen LogP contribution is -2.45. The van der Waals surface area contributed by atoms with Crippen molar-refractivity contribution in [2.45, 2.75) is 38.5 Å². The molecule has 0 amide bonds. The highest BCUT2D eigenvalue weighted by Gasteiger charge is 2.32. The van der Waals surface area contributed by atoms with E-state index in [0.717, 1.165) is 23.5 Å². The van der Waals surface area contributed by atoms with E-state index >= 15 is 0 Å². The van der Waals surface area contributed by atoms with Gasteiger partial charge in [-0.15, -0.1) is 11.3 Å². The zero-order valence-electron chi connectivity index (χ0n) is 10.8. The lowest BCUT2D eigenvalue weighted by molar-refractivity contribution is -0.148. The van der Waals surface area contributed by atoms with Gasteiger partial charge in [-0.25, -0.2) is 4.98 Å². The quantitative estimate of drug-likeness (QED) is 0.925. The van der Waals surface area contributed by atoms with Gasteiger partial charge in [-0.3, -0.25) is 4.90 Å². The number of nitrogens with zero attached hydrogens (tertiary/aromatic N) is 2. The van der Waals surface area contributed by atoms with Crippen molar-refractivity contribution in [3.8, 4) is 0 Å². The average molecular weight is 293 g/mol. The van der Waals surface area contributed by atoms with Gasteiger partial charge in [0.05, 0.1) is 17.2 Å². The topological polar surface area (TPSA) is 28.2 Å². The molecule has 1 fully saturated rings. The van der Waals surface area contributed by atoms with Crippen LogP contribution in [0.4, 0.5) is 13.2 Å². The van der Waals surface area contributed by atoms with Gasteiger partial charge < -0.3 is 5.32 Å². The van der Waals surface area contributed by atoms with Crippen molar-refractivity contribution in [3.63, 3.8) is 0 Å². The summed E-state index contributed by atoms with van der Waals surface area (Å²) in [7, 11) is 0. The van der Waals surface area contributed by atoms with E-state index in [2.05, 4.69) is 10.3 Å². The summed E-state index contributed by atoms with van der Waals surface area (Å²) >= 11 is 1.61. The van der Waals surface area contributed by atoms with Gasteiger partial charge in [-0.05, 0) is 32.9 Å². The number of thiazole rings is 1. The minimum absolute atomic E-state index is 0.298. The molecule has 19 heavy (non-hydrogen) atoms. The predicted octanol–water partition coefficient (Wildman–Crippen LogP) is 2.57. The van der Waals surface area contributed by atoms with Crippen LogP contribution in [0.5, 0.6) is 0 Å². The number of rotatable bonds is 4. The van der Waals surface area contributed by atoms with Gasteiger partial charge in [0, 0.05) is 18.0 Å². The molecule has 1 saturated heterocycles. The molecule has 3 nitrogen and oxygen atoms in total. The summed E-state index contributed by atoms with van der Waals surface area (Å²) < 4.78 is 36.7. The van der Waals surface area contributed by atoms with Crippen molar-refractivity contribution < 1.29 is 13.2 Å². The Labute approximate surface area is 114 Å². The van der Waals surface area contributed by atoms with Crippen LogP contribution in [0.3, 0.4) is 0 Å². The fourth-order valence-electron chi connectivity index (χ4n) is 2.29. The third-order valence-corrected chi connectivity index (χ3v) is 4.05. The van der Waals surface area contributed by atoms with Gasteiger partial charge in [-0.2, -0.15) is 13.2 Å². The summed E-state index contributed by atoms with van der Waals surface area (Å²) in [4.78, 5) is 5.83. The maximum absolute atomic E-state index is 12.2. The smallest absolute Gasteiger partial charge is 0.308 e. The molecule has 0 aromatic carbocycles. The summed E-state index contributed by atoms with van der Waals surface area (Å²) in [6.07, 6.45) is -2.56. The number of aromatic nitrogens is 1. The second kappa shape index (κ2) is 6.19. The van der Waals surface area contributed by atoms with Gasteiger partial charge >= 0.3 is 6.18 Å². The van der Waals surface area contributed by atoms with Crippen molar-refractivity contribution in [1.82, 2.24) is 15.2 Å². The molecule has 1 aliphatic heterocycles. The Morgan fingerprint density at radius 2 is 2.11 bits per heavy atom. The Hall–Kier alpha value is -0.660. The van der Waals surface area contributed by atoms with Crippen molar-refractivity contribution in [2.24, 2.45) is 0 Å². The molecule has 0 saturated carbocycles.